The molecule has 0 aliphatic carbocycles. The molecule has 1 N–H and O–H groups in total. The lowest BCUT2D eigenvalue weighted by Crippen LogP contribution is -2.08. The standard InChI is InChI=1S/C19H21NOS/c1-14(2)16-11-8-15(9-12-16)10-13-19(21)20-17-6-4-5-7-18(17)22-3/h4-14H,1-3H3,(H,20,21)/b13-10+. The fraction of sp³-hybridized carbons (Fsp3) is 0.211. The zero-order valence-corrected chi connectivity index (χ0v) is 14.0. The number of hydrogen-bond donors (Lipinski definition) is 1. The van der Waals surface area contributed by atoms with Gasteiger partial charge in [-0.2, -0.15) is 0 Å². The molecule has 0 radical (unpaired) electrons. The summed E-state index contributed by atoms with van der Waals surface area (Å²) in [5.41, 5.74) is 3.17. The highest BCUT2D eigenvalue weighted by Crippen LogP contribution is 2.24. The molecule has 0 saturated carbocycles. The molecule has 2 aromatic rings. The molecule has 0 heterocycles. The molecule has 0 atom stereocenters. The second-order valence-corrected chi connectivity index (χ2v) is 6.19. The number of carbonyl (C=O) groups is 1. The summed E-state index contributed by atoms with van der Waals surface area (Å²) in [6, 6.07) is 16.1. The van der Waals surface area contributed by atoms with E-state index in [0.717, 1.165) is 16.1 Å². The Labute approximate surface area is 136 Å². The molecule has 0 aliphatic heterocycles. The van der Waals surface area contributed by atoms with Crippen molar-refractivity contribution < 1.29 is 4.79 Å². The maximum Gasteiger partial charge on any atom is 0.248 e. The second kappa shape index (κ2) is 7.85. The molecule has 0 fully saturated rings. The summed E-state index contributed by atoms with van der Waals surface area (Å²) in [5.74, 6) is 0.402. The number of hydrogen-bond acceptors (Lipinski definition) is 2. The van der Waals surface area contributed by atoms with Crippen LogP contribution in [0.2, 0.25) is 0 Å². The minimum Gasteiger partial charge on any atom is -0.321 e. The van der Waals surface area contributed by atoms with Gasteiger partial charge in [-0.25, -0.2) is 0 Å². The molecule has 2 nitrogen and oxygen atoms in total. The number of para-hydroxylation sites is 1. The van der Waals surface area contributed by atoms with E-state index in [9.17, 15) is 4.79 Å². The summed E-state index contributed by atoms with van der Waals surface area (Å²) >= 11 is 1.62. The number of amides is 1. The van der Waals surface area contributed by atoms with Crippen molar-refractivity contribution in [2.24, 2.45) is 0 Å². The van der Waals surface area contributed by atoms with Crippen molar-refractivity contribution in [1.82, 2.24) is 0 Å². The molecule has 2 rings (SSSR count). The predicted octanol–water partition coefficient (Wildman–Crippen LogP) is 5.18. The molecule has 0 saturated heterocycles. The summed E-state index contributed by atoms with van der Waals surface area (Å²) in [6.45, 7) is 4.34. The van der Waals surface area contributed by atoms with Gasteiger partial charge in [-0.3, -0.25) is 4.79 Å². The SMILES string of the molecule is CSc1ccccc1NC(=O)/C=C/c1ccc(C(C)C)cc1. The van der Waals surface area contributed by atoms with Crippen LogP contribution in [0.5, 0.6) is 0 Å². The summed E-state index contributed by atoms with van der Waals surface area (Å²) in [6.07, 6.45) is 5.40. The Balaban J connectivity index is 2.02. The number of carbonyl (C=O) groups excluding carboxylic acids is 1. The minimum atomic E-state index is -0.116. The Morgan fingerprint density at radius 2 is 1.77 bits per heavy atom. The zero-order chi connectivity index (χ0) is 15.9. The van der Waals surface area contributed by atoms with Crippen molar-refractivity contribution in [3.8, 4) is 0 Å². The van der Waals surface area contributed by atoms with Crippen LogP contribution in [0.1, 0.15) is 30.9 Å². The van der Waals surface area contributed by atoms with Gasteiger partial charge < -0.3 is 5.32 Å². The van der Waals surface area contributed by atoms with E-state index in [1.807, 2.05) is 48.7 Å². The summed E-state index contributed by atoms with van der Waals surface area (Å²) < 4.78 is 0. The first-order valence-corrected chi connectivity index (χ1v) is 8.54. The van der Waals surface area contributed by atoms with Crippen molar-refractivity contribution in [2.75, 3.05) is 11.6 Å². The molecule has 0 aromatic heterocycles. The first-order chi connectivity index (χ1) is 10.6. The van der Waals surface area contributed by atoms with Gasteiger partial charge >= 0.3 is 0 Å². The average molecular weight is 311 g/mol. The third-order valence-corrected chi connectivity index (χ3v) is 4.19. The Kier molecular flexibility index (Phi) is 5.84. The highest BCUT2D eigenvalue weighted by atomic mass is 32.2. The monoisotopic (exact) mass is 311 g/mol. The van der Waals surface area contributed by atoms with E-state index in [0.29, 0.717) is 5.92 Å². The van der Waals surface area contributed by atoms with Gasteiger partial charge in [-0.05, 0) is 41.5 Å². The number of nitrogens with one attached hydrogen (secondary N) is 1. The molecule has 0 spiro atoms. The normalized spacial score (nSPS) is 11.1. The third-order valence-electron chi connectivity index (χ3n) is 3.40. The Hall–Kier alpha value is -2.00. The molecule has 0 unspecified atom stereocenters. The van der Waals surface area contributed by atoms with E-state index in [1.54, 1.807) is 17.8 Å². The van der Waals surface area contributed by atoms with Crippen LogP contribution in [0.3, 0.4) is 0 Å². The average Bonchev–Trinajstić information content (AvgIpc) is 2.54. The van der Waals surface area contributed by atoms with E-state index in [-0.39, 0.29) is 5.91 Å². The van der Waals surface area contributed by atoms with Crippen LogP contribution in [0.15, 0.2) is 59.5 Å². The minimum absolute atomic E-state index is 0.116. The molecule has 0 bridgehead atoms. The molecule has 3 heteroatoms. The Morgan fingerprint density at radius 3 is 2.41 bits per heavy atom. The topological polar surface area (TPSA) is 29.1 Å². The van der Waals surface area contributed by atoms with Gasteiger partial charge in [0.2, 0.25) is 5.91 Å². The highest BCUT2D eigenvalue weighted by Gasteiger charge is 2.03. The van der Waals surface area contributed by atoms with Crippen LogP contribution < -0.4 is 5.32 Å². The number of thioether (sulfide) groups is 1. The lowest BCUT2D eigenvalue weighted by molar-refractivity contribution is -0.111. The van der Waals surface area contributed by atoms with Gasteiger partial charge in [0.25, 0.3) is 0 Å². The van der Waals surface area contributed by atoms with Crippen LogP contribution in [-0.4, -0.2) is 12.2 Å². The van der Waals surface area contributed by atoms with Gasteiger partial charge in [-0.1, -0.05) is 50.2 Å². The maximum absolute atomic E-state index is 12.0. The molecule has 1 amide bonds. The van der Waals surface area contributed by atoms with Gasteiger partial charge in [0.15, 0.2) is 0 Å². The third kappa shape index (κ3) is 4.50. The molecule has 22 heavy (non-hydrogen) atoms. The van der Waals surface area contributed by atoms with Crippen molar-refractivity contribution >= 4 is 29.4 Å². The van der Waals surface area contributed by atoms with Crippen LogP contribution in [0, 0.1) is 0 Å². The Bertz CT molecular complexity index is 659. The van der Waals surface area contributed by atoms with E-state index in [2.05, 4.69) is 31.3 Å². The molecule has 114 valence electrons. The van der Waals surface area contributed by atoms with Crippen molar-refractivity contribution in [3.05, 3.63) is 65.7 Å². The van der Waals surface area contributed by atoms with E-state index in [1.165, 1.54) is 5.56 Å². The second-order valence-electron chi connectivity index (χ2n) is 5.34. The van der Waals surface area contributed by atoms with Gasteiger partial charge in [0, 0.05) is 11.0 Å². The lowest BCUT2D eigenvalue weighted by Gasteiger charge is -2.07. The number of anilines is 1. The summed E-state index contributed by atoms with van der Waals surface area (Å²) in [5, 5.41) is 2.91. The maximum atomic E-state index is 12.0. The zero-order valence-electron chi connectivity index (χ0n) is 13.2. The summed E-state index contributed by atoms with van der Waals surface area (Å²) in [4.78, 5) is 13.1. The van der Waals surface area contributed by atoms with Gasteiger partial charge in [0.1, 0.15) is 0 Å². The van der Waals surface area contributed by atoms with Gasteiger partial charge in [0.05, 0.1) is 5.69 Å². The van der Waals surface area contributed by atoms with Crippen molar-refractivity contribution in [3.63, 3.8) is 0 Å². The molecule has 0 aliphatic rings. The van der Waals surface area contributed by atoms with Crippen LogP contribution >= 0.6 is 11.8 Å². The number of rotatable bonds is 5. The molecular weight excluding hydrogens is 290 g/mol. The fourth-order valence-electron chi connectivity index (χ4n) is 2.09. The Morgan fingerprint density at radius 1 is 1.09 bits per heavy atom. The van der Waals surface area contributed by atoms with Crippen molar-refractivity contribution in [2.45, 2.75) is 24.7 Å². The first kappa shape index (κ1) is 16.4. The van der Waals surface area contributed by atoms with Gasteiger partial charge in [-0.15, -0.1) is 11.8 Å². The first-order valence-electron chi connectivity index (χ1n) is 7.32. The van der Waals surface area contributed by atoms with Crippen LogP contribution in [0.25, 0.3) is 6.08 Å². The quantitative estimate of drug-likeness (QED) is 0.608. The number of benzene rings is 2. The van der Waals surface area contributed by atoms with Crippen LogP contribution in [-0.2, 0) is 4.79 Å². The van der Waals surface area contributed by atoms with Crippen LogP contribution in [0.4, 0.5) is 5.69 Å². The lowest BCUT2D eigenvalue weighted by atomic mass is 10.0. The largest absolute Gasteiger partial charge is 0.321 e. The highest BCUT2D eigenvalue weighted by molar-refractivity contribution is 7.98. The van der Waals surface area contributed by atoms with Crippen molar-refractivity contribution in [1.29, 1.82) is 0 Å². The fourth-order valence-corrected chi connectivity index (χ4v) is 2.64. The molecular formula is C19H21NOS. The smallest absolute Gasteiger partial charge is 0.248 e. The molecule has 2 aromatic carbocycles. The predicted molar refractivity (Wildman–Crippen MR) is 96.4 cm³/mol. The summed E-state index contributed by atoms with van der Waals surface area (Å²) in [7, 11) is 0. The van der Waals surface area contributed by atoms with E-state index in [4.69, 9.17) is 0 Å². The van der Waals surface area contributed by atoms with E-state index >= 15 is 0 Å². The van der Waals surface area contributed by atoms with E-state index < -0.39 is 0 Å².